The van der Waals surface area contributed by atoms with Crippen LogP contribution in [0.1, 0.15) is 39.9 Å². The Morgan fingerprint density at radius 2 is 2.00 bits per heavy atom. The number of benzene rings is 1. The number of halogens is 2. The van der Waals surface area contributed by atoms with Gasteiger partial charge in [-0.25, -0.2) is 0 Å². The molecule has 0 bridgehead atoms. The molecule has 128 valence electrons. The van der Waals surface area contributed by atoms with E-state index in [0.29, 0.717) is 38.1 Å². The molecule has 2 aromatic heterocycles. The van der Waals surface area contributed by atoms with E-state index in [0.717, 1.165) is 17.8 Å². The number of nitrogens with one attached hydrogen (secondary N) is 1. The standard InChI is InChI=1S/C16H12Cl2N4O2S/c1-7-11(13(22-24-7)12-9(17)3-2-4-10(12)18)14(23)19-16-21-20-15(25-16)8-5-6-8/h2-4,8H,5-6H2,1H3,(H,19,21,23). The third kappa shape index (κ3) is 3.15. The van der Waals surface area contributed by atoms with Gasteiger partial charge in [-0.2, -0.15) is 0 Å². The molecule has 1 fully saturated rings. The third-order valence-electron chi connectivity index (χ3n) is 3.88. The number of nitrogens with zero attached hydrogens (tertiary/aromatic N) is 3. The molecule has 0 aliphatic heterocycles. The van der Waals surface area contributed by atoms with Gasteiger partial charge in [0.2, 0.25) is 5.13 Å². The summed E-state index contributed by atoms with van der Waals surface area (Å²) < 4.78 is 5.21. The molecule has 1 amide bonds. The molecule has 25 heavy (non-hydrogen) atoms. The molecule has 1 aliphatic rings. The predicted octanol–water partition coefficient (Wildman–Crippen LogP) is 4.94. The number of rotatable bonds is 4. The third-order valence-corrected chi connectivity index (χ3v) is 5.51. The van der Waals surface area contributed by atoms with Crippen LogP contribution in [0, 0.1) is 6.92 Å². The second-order valence-corrected chi connectivity index (χ2v) is 7.56. The monoisotopic (exact) mass is 394 g/mol. The van der Waals surface area contributed by atoms with Crippen LogP contribution in [0.2, 0.25) is 10.0 Å². The molecule has 0 radical (unpaired) electrons. The Labute approximate surface area is 157 Å². The molecule has 0 unspecified atom stereocenters. The van der Waals surface area contributed by atoms with E-state index >= 15 is 0 Å². The SMILES string of the molecule is Cc1onc(-c2c(Cl)cccc2Cl)c1C(=O)Nc1nnc(C2CC2)s1. The predicted molar refractivity (Wildman–Crippen MR) is 96.5 cm³/mol. The molecular weight excluding hydrogens is 383 g/mol. The van der Waals surface area contributed by atoms with Crippen molar-refractivity contribution >= 4 is 45.6 Å². The van der Waals surface area contributed by atoms with E-state index in [2.05, 4.69) is 20.7 Å². The molecule has 1 aliphatic carbocycles. The summed E-state index contributed by atoms with van der Waals surface area (Å²) in [4.78, 5) is 12.7. The van der Waals surface area contributed by atoms with Crippen molar-refractivity contribution < 1.29 is 9.32 Å². The minimum atomic E-state index is -0.386. The smallest absolute Gasteiger partial charge is 0.263 e. The van der Waals surface area contributed by atoms with Crippen LogP contribution >= 0.6 is 34.5 Å². The Bertz CT molecular complexity index is 945. The molecule has 1 N–H and O–H groups in total. The highest BCUT2D eigenvalue weighted by Crippen LogP contribution is 2.42. The van der Waals surface area contributed by atoms with Crippen LogP contribution in [0.25, 0.3) is 11.3 Å². The first-order chi connectivity index (χ1) is 12.0. The van der Waals surface area contributed by atoms with Gasteiger partial charge in [-0.05, 0) is 31.9 Å². The van der Waals surface area contributed by atoms with Crippen LogP contribution < -0.4 is 5.32 Å². The summed E-state index contributed by atoms with van der Waals surface area (Å²) in [6, 6.07) is 5.09. The summed E-state index contributed by atoms with van der Waals surface area (Å²) in [7, 11) is 0. The number of hydrogen-bond acceptors (Lipinski definition) is 6. The minimum absolute atomic E-state index is 0.276. The Kier molecular flexibility index (Phi) is 4.23. The zero-order chi connectivity index (χ0) is 17.6. The second-order valence-electron chi connectivity index (χ2n) is 5.73. The van der Waals surface area contributed by atoms with Gasteiger partial charge in [0.15, 0.2) is 0 Å². The molecular formula is C16H12Cl2N4O2S. The summed E-state index contributed by atoms with van der Waals surface area (Å²) in [5.41, 5.74) is 1.04. The fourth-order valence-corrected chi connectivity index (χ4v) is 3.96. The van der Waals surface area contributed by atoms with Crippen molar-refractivity contribution in [1.29, 1.82) is 0 Å². The molecule has 0 atom stereocenters. The average molecular weight is 395 g/mol. The maximum absolute atomic E-state index is 12.7. The average Bonchev–Trinajstić information content (AvgIpc) is 3.20. The molecule has 2 heterocycles. The molecule has 1 aromatic carbocycles. The first-order valence-electron chi connectivity index (χ1n) is 7.60. The minimum Gasteiger partial charge on any atom is -0.360 e. The van der Waals surface area contributed by atoms with Gasteiger partial charge in [-0.1, -0.05) is 45.8 Å². The number of aryl methyl sites for hydroxylation is 1. The largest absolute Gasteiger partial charge is 0.360 e. The lowest BCUT2D eigenvalue weighted by molar-refractivity contribution is 0.102. The summed E-state index contributed by atoms with van der Waals surface area (Å²) in [5.74, 6) is 0.469. The van der Waals surface area contributed by atoms with Crippen molar-refractivity contribution in [2.45, 2.75) is 25.7 Å². The van der Waals surface area contributed by atoms with Gasteiger partial charge >= 0.3 is 0 Å². The number of carbonyl (C=O) groups excluding carboxylic acids is 1. The van der Waals surface area contributed by atoms with E-state index in [1.807, 2.05) is 0 Å². The van der Waals surface area contributed by atoms with Crippen LogP contribution in [-0.4, -0.2) is 21.3 Å². The first-order valence-corrected chi connectivity index (χ1v) is 9.17. The van der Waals surface area contributed by atoms with Gasteiger partial charge < -0.3 is 4.52 Å². The number of carbonyl (C=O) groups is 1. The number of amides is 1. The van der Waals surface area contributed by atoms with Gasteiger partial charge in [-0.3, -0.25) is 10.1 Å². The fourth-order valence-electron chi connectivity index (χ4n) is 2.47. The van der Waals surface area contributed by atoms with Crippen molar-refractivity contribution in [3.05, 3.63) is 44.6 Å². The van der Waals surface area contributed by atoms with E-state index < -0.39 is 0 Å². The highest BCUT2D eigenvalue weighted by atomic mass is 35.5. The number of aromatic nitrogens is 3. The number of hydrogen-bond donors (Lipinski definition) is 1. The van der Waals surface area contributed by atoms with E-state index in [1.165, 1.54) is 11.3 Å². The van der Waals surface area contributed by atoms with Crippen molar-refractivity contribution in [2.75, 3.05) is 5.32 Å². The molecule has 0 saturated heterocycles. The van der Waals surface area contributed by atoms with Gasteiger partial charge in [-0.15, -0.1) is 10.2 Å². The molecule has 6 nitrogen and oxygen atoms in total. The Hall–Kier alpha value is -1.96. The lowest BCUT2D eigenvalue weighted by atomic mass is 10.1. The van der Waals surface area contributed by atoms with Gasteiger partial charge in [0.05, 0.1) is 10.0 Å². The quantitative estimate of drug-likeness (QED) is 0.677. The molecule has 9 heteroatoms. The van der Waals surface area contributed by atoms with Gasteiger partial charge in [0.25, 0.3) is 5.91 Å². The zero-order valence-electron chi connectivity index (χ0n) is 13.0. The Balaban J connectivity index is 1.67. The molecule has 0 spiro atoms. The normalized spacial score (nSPS) is 13.9. The number of anilines is 1. The van der Waals surface area contributed by atoms with Crippen LogP contribution in [0.5, 0.6) is 0 Å². The second kappa shape index (κ2) is 6.40. The van der Waals surface area contributed by atoms with E-state index in [-0.39, 0.29) is 11.5 Å². The van der Waals surface area contributed by atoms with Crippen molar-refractivity contribution in [3.8, 4) is 11.3 Å². The van der Waals surface area contributed by atoms with E-state index in [1.54, 1.807) is 25.1 Å². The zero-order valence-corrected chi connectivity index (χ0v) is 15.4. The van der Waals surface area contributed by atoms with E-state index in [4.69, 9.17) is 27.7 Å². The van der Waals surface area contributed by atoms with Crippen molar-refractivity contribution in [3.63, 3.8) is 0 Å². The Morgan fingerprint density at radius 3 is 2.68 bits per heavy atom. The topological polar surface area (TPSA) is 80.9 Å². The molecule has 4 rings (SSSR count). The molecule has 3 aromatic rings. The highest BCUT2D eigenvalue weighted by molar-refractivity contribution is 7.15. The summed E-state index contributed by atoms with van der Waals surface area (Å²) in [5, 5.41) is 17.1. The Morgan fingerprint density at radius 1 is 1.28 bits per heavy atom. The van der Waals surface area contributed by atoms with Crippen LogP contribution in [0.15, 0.2) is 22.7 Å². The van der Waals surface area contributed by atoms with Crippen molar-refractivity contribution in [1.82, 2.24) is 15.4 Å². The van der Waals surface area contributed by atoms with Gasteiger partial charge in [0.1, 0.15) is 22.0 Å². The highest BCUT2D eigenvalue weighted by Gasteiger charge is 2.29. The van der Waals surface area contributed by atoms with Gasteiger partial charge in [0, 0.05) is 11.5 Å². The maximum atomic E-state index is 12.7. The maximum Gasteiger partial charge on any atom is 0.263 e. The van der Waals surface area contributed by atoms with Crippen LogP contribution in [0.4, 0.5) is 5.13 Å². The fraction of sp³-hybridized carbons (Fsp3) is 0.250. The van der Waals surface area contributed by atoms with E-state index in [9.17, 15) is 4.79 Å². The lowest BCUT2D eigenvalue weighted by Gasteiger charge is -2.06. The van der Waals surface area contributed by atoms with Crippen molar-refractivity contribution in [2.24, 2.45) is 0 Å². The summed E-state index contributed by atoms with van der Waals surface area (Å²) in [6.45, 7) is 1.66. The van der Waals surface area contributed by atoms with Crippen LogP contribution in [-0.2, 0) is 0 Å². The first kappa shape index (κ1) is 16.5. The van der Waals surface area contributed by atoms with Crippen LogP contribution in [0.3, 0.4) is 0 Å². The lowest BCUT2D eigenvalue weighted by Crippen LogP contribution is -2.13. The summed E-state index contributed by atoms with van der Waals surface area (Å²) in [6.07, 6.45) is 2.25. The molecule has 1 saturated carbocycles. The summed E-state index contributed by atoms with van der Waals surface area (Å²) >= 11 is 13.9.